The average Bonchev–Trinajstić information content (AvgIpc) is 1.87. The highest BCUT2D eigenvalue weighted by Crippen LogP contribution is 1.85. The maximum absolute atomic E-state index is 6.85. The van der Waals surface area contributed by atoms with Crippen LogP contribution in [0.2, 0.25) is 0 Å². The molecule has 0 rings (SSSR count). The number of amidine groups is 1. The highest BCUT2D eigenvalue weighted by Gasteiger charge is 1.79. The van der Waals surface area contributed by atoms with E-state index in [9.17, 15) is 0 Å². The minimum absolute atomic E-state index is 0.0314. The van der Waals surface area contributed by atoms with Crippen LogP contribution in [0.5, 0.6) is 0 Å². The largest absolute Gasteiger partial charge is 0.384 e. The van der Waals surface area contributed by atoms with Crippen LogP contribution in [-0.4, -0.2) is 5.84 Å². The summed E-state index contributed by atoms with van der Waals surface area (Å²) < 4.78 is 0. The molecule has 0 heterocycles. The SMILES string of the molecule is C=C/C=C(\C)N/C=C\C(=N)N. The number of allylic oxidation sites excluding steroid dienone is 3. The van der Waals surface area contributed by atoms with Crippen molar-refractivity contribution in [3.05, 3.63) is 36.7 Å². The molecule has 0 aliphatic heterocycles. The topological polar surface area (TPSA) is 61.9 Å². The third kappa shape index (κ3) is 6.37. The Morgan fingerprint density at radius 2 is 2.27 bits per heavy atom. The van der Waals surface area contributed by atoms with E-state index in [1.165, 1.54) is 6.08 Å². The van der Waals surface area contributed by atoms with E-state index in [4.69, 9.17) is 11.1 Å². The van der Waals surface area contributed by atoms with Gasteiger partial charge in [0.1, 0.15) is 5.84 Å². The van der Waals surface area contributed by atoms with Gasteiger partial charge in [-0.2, -0.15) is 0 Å². The van der Waals surface area contributed by atoms with Gasteiger partial charge in [-0.3, -0.25) is 5.41 Å². The van der Waals surface area contributed by atoms with Gasteiger partial charge in [0, 0.05) is 11.9 Å². The Balaban J connectivity index is 3.78. The zero-order valence-corrected chi connectivity index (χ0v) is 6.59. The molecule has 0 unspecified atom stereocenters. The first kappa shape index (κ1) is 9.49. The van der Waals surface area contributed by atoms with E-state index in [0.29, 0.717) is 0 Å². The fourth-order valence-electron chi connectivity index (χ4n) is 0.488. The molecule has 0 radical (unpaired) electrons. The summed E-state index contributed by atoms with van der Waals surface area (Å²) in [5.41, 5.74) is 6.03. The van der Waals surface area contributed by atoms with Crippen LogP contribution >= 0.6 is 0 Å². The molecule has 0 fully saturated rings. The molecule has 0 amide bonds. The maximum atomic E-state index is 6.85. The first-order valence-electron chi connectivity index (χ1n) is 3.23. The number of rotatable bonds is 4. The quantitative estimate of drug-likeness (QED) is 0.320. The van der Waals surface area contributed by atoms with Gasteiger partial charge < -0.3 is 11.1 Å². The number of hydrogen-bond donors (Lipinski definition) is 3. The van der Waals surface area contributed by atoms with Crippen molar-refractivity contribution in [2.75, 3.05) is 0 Å². The van der Waals surface area contributed by atoms with Crippen molar-refractivity contribution in [3.63, 3.8) is 0 Å². The lowest BCUT2D eigenvalue weighted by Crippen LogP contribution is -2.08. The Morgan fingerprint density at radius 3 is 2.73 bits per heavy atom. The first-order chi connectivity index (χ1) is 5.16. The van der Waals surface area contributed by atoms with Crippen molar-refractivity contribution in [3.8, 4) is 0 Å². The molecule has 3 heteroatoms. The van der Waals surface area contributed by atoms with Gasteiger partial charge in [0.15, 0.2) is 0 Å². The second-order valence-corrected chi connectivity index (χ2v) is 2.02. The van der Waals surface area contributed by atoms with Crippen LogP contribution in [0, 0.1) is 5.41 Å². The summed E-state index contributed by atoms with van der Waals surface area (Å²) in [6.07, 6.45) is 6.59. The van der Waals surface area contributed by atoms with E-state index >= 15 is 0 Å². The Hall–Kier alpha value is -1.51. The Morgan fingerprint density at radius 1 is 1.64 bits per heavy atom. The van der Waals surface area contributed by atoms with Gasteiger partial charge in [-0.1, -0.05) is 12.7 Å². The van der Waals surface area contributed by atoms with E-state index in [1.807, 2.05) is 13.0 Å². The third-order valence-corrected chi connectivity index (χ3v) is 0.942. The Labute approximate surface area is 66.8 Å². The van der Waals surface area contributed by atoms with Crippen molar-refractivity contribution in [1.29, 1.82) is 5.41 Å². The molecule has 0 saturated heterocycles. The van der Waals surface area contributed by atoms with Gasteiger partial charge >= 0.3 is 0 Å². The van der Waals surface area contributed by atoms with Crippen LogP contribution in [0.15, 0.2) is 36.7 Å². The lowest BCUT2D eigenvalue weighted by atomic mass is 10.4. The van der Waals surface area contributed by atoms with Gasteiger partial charge in [-0.05, 0) is 19.1 Å². The lowest BCUT2D eigenvalue weighted by molar-refractivity contribution is 1.06. The predicted molar refractivity (Wildman–Crippen MR) is 48.1 cm³/mol. The molecule has 0 aliphatic rings. The van der Waals surface area contributed by atoms with E-state index in [1.54, 1.807) is 12.3 Å². The van der Waals surface area contributed by atoms with Crippen LogP contribution in [0.3, 0.4) is 0 Å². The summed E-state index contributed by atoms with van der Waals surface area (Å²) in [6, 6.07) is 0. The molecular weight excluding hydrogens is 138 g/mol. The fourth-order valence-corrected chi connectivity index (χ4v) is 0.488. The first-order valence-corrected chi connectivity index (χ1v) is 3.23. The number of nitrogens with one attached hydrogen (secondary N) is 2. The number of nitrogens with two attached hydrogens (primary N) is 1. The van der Waals surface area contributed by atoms with Crippen molar-refractivity contribution >= 4 is 5.84 Å². The summed E-state index contributed by atoms with van der Waals surface area (Å²) in [4.78, 5) is 0. The van der Waals surface area contributed by atoms with Crippen LogP contribution in [0.4, 0.5) is 0 Å². The molecule has 0 aromatic heterocycles. The van der Waals surface area contributed by atoms with E-state index in [0.717, 1.165) is 5.70 Å². The van der Waals surface area contributed by atoms with Gasteiger partial charge in [-0.25, -0.2) is 0 Å². The summed E-state index contributed by atoms with van der Waals surface area (Å²) in [5.74, 6) is 0.0314. The zero-order chi connectivity index (χ0) is 8.69. The van der Waals surface area contributed by atoms with E-state index < -0.39 is 0 Å². The molecule has 0 spiro atoms. The minimum atomic E-state index is 0.0314. The van der Waals surface area contributed by atoms with Crippen LogP contribution in [0.1, 0.15) is 6.92 Å². The Kier molecular flexibility index (Phi) is 4.56. The molecular formula is C8H13N3. The molecule has 0 aromatic rings. The average molecular weight is 151 g/mol. The normalized spacial score (nSPS) is 11.5. The van der Waals surface area contributed by atoms with E-state index in [2.05, 4.69) is 11.9 Å². The van der Waals surface area contributed by atoms with Gasteiger partial charge in [0.05, 0.1) is 0 Å². The summed E-state index contributed by atoms with van der Waals surface area (Å²) in [5, 5.41) is 9.76. The van der Waals surface area contributed by atoms with Crippen molar-refractivity contribution in [2.45, 2.75) is 6.92 Å². The zero-order valence-electron chi connectivity index (χ0n) is 6.59. The second-order valence-electron chi connectivity index (χ2n) is 2.02. The lowest BCUT2D eigenvalue weighted by Gasteiger charge is -1.96. The van der Waals surface area contributed by atoms with Crippen molar-refractivity contribution in [1.82, 2.24) is 5.32 Å². The van der Waals surface area contributed by atoms with Crippen molar-refractivity contribution < 1.29 is 0 Å². The van der Waals surface area contributed by atoms with Gasteiger partial charge in [-0.15, -0.1) is 0 Å². The monoisotopic (exact) mass is 151 g/mol. The number of hydrogen-bond acceptors (Lipinski definition) is 2. The molecule has 11 heavy (non-hydrogen) atoms. The molecule has 0 atom stereocenters. The highest BCUT2D eigenvalue weighted by atomic mass is 14.8. The second kappa shape index (κ2) is 5.29. The molecule has 0 saturated carbocycles. The van der Waals surface area contributed by atoms with Gasteiger partial charge in [0.2, 0.25) is 0 Å². The summed E-state index contributed by atoms with van der Waals surface area (Å²) >= 11 is 0. The van der Waals surface area contributed by atoms with Crippen molar-refractivity contribution in [2.24, 2.45) is 5.73 Å². The standard InChI is InChI=1S/C8H13N3/c1-3-4-7(2)11-6-5-8(9)10/h3-6,11H,1H2,2H3,(H3,9,10)/b6-5-,7-4+. The van der Waals surface area contributed by atoms with Crippen LogP contribution in [-0.2, 0) is 0 Å². The smallest absolute Gasteiger partial charge is 0.116 e. The molecule has 0 aliphatic carbocycles. The molecule has 0 aromatic carbocycles. The van der Waals surface area contributed by atoms with Gasteiger partial charge in [0.25, 0.3) is 0 Å². The third-order valence-electron chi connectivity index (χ3n) is 0.942. The summed E-state index contributed by atoms with van der Waals surface area (Å²) in [6.45, 7) is 5.43. The summed E-state index contributed by atoms with van der Waals surface area (Å²) in [7, 11) is 0. The Bertz CT molecular complexity index is 201. The highest BCUT2D eigenvalue weighted by molar-refractivity contribution is 5.88. The molecule has 60 valence electrons. The fraction of sp³-hybridized carbons (Fsp3) is 0.125. The molecule has 3 nitrogen and oxygen atoms in total. The molecule has 0 bridgehead atoms. The van der Waals surface area contributed by atoms with Crippen LogP contribution in [0.25, 0.3) is 0 Å². The minimum Gasteiger partial charge on any atom is -0.384 e. The van der Waals surface area contributed by atoms with Crippen LogP contribution < -0.4 is 11.1 Å². The maximum Gasteiger partial charge on any atom is 0.116 e. The predicted octanol–water partition coefficient (Wildman–Crippen LogP) is 1.12. The van der Waals surface area contributed by atoms with E-state index in [-0.39, 0.29) is 5.84 Å². The molecule has 4 N–H and O–H groups in total.